The highest BCUT2D eigenvalue weighted by atomic mass is 32.1. The third-order valence-electron chi connectivity index (χ3n) is 3.72. The van der Waals surface area contributed by atoms with E-state index in [2.05, 4.69) is 22.2 Å². The number of carbonyl (C=O) groups is 1. The van der Waals surface area contributed by atoms with Crippen LogP contribution in [0.5, 0.6) is 0 Å². The minimum absolute atomic E-state index is 0.126. The number of likely N-dealkylation sites (N-methyl/N-ethyl adjacent to an activating group) is 2. The average Bonchev–Trinajstić information content (AvgIpc) is 3.03. The molecule has 0 spiro atoms. The third-order valence-corrected chi connectivity index (χ3v) is 4.92. The third kappa shape index (κ3) is 6.47. The van der Waals surface area contributed by atoms with Gasteiger partial charge in [0.05, 0.1) is 11.6 Å². The van der Waals surface area contributed by atoms with Crippen LogP contribution in [0.4, 0.5) is 0 Å². The zero-order chi connectivity index (χ0) is 17.9. The zero-order valence-electron chi connectivity index (χ0n) is 15.6. The van der Waals surface area contributed by atoms with Crippen LogP contribution in [0.25, 0.3) is 0 Å². The minimum atomic E-state index is 0.126. The van der Waals surface area contributed by atoms with Gasteiger partial charge >= 0.3 is 0 Å². The Morgan fingerprint density at radius 3 is 2.54 bits per heavy atom. The van der Waals surface area contributed by atoms with Crippen molar-refractivity contribution in [1.29, 1.82) is 0 Å². The van der Waals surface area contributed by atoms with Gasteiger partial charge in [-0.25, -0.2) is 4.98 Å². The molecule has 0 aliphatic rings. The first-order valence-electron chi connectivity index (χ1n) is 8.76. The van der Waals surface area contributed by atoms with Gasteiger partial charge in [-0.15, -0.1) is 11.3 Å². The van der Waals surface area contributed by atoms with Crippen LogP contribution in [0.2, 0.25) is 0 Å². The molecule has 0 fully saturated rings. The Kier molecular flexibility index (Phi) is 9.37. The first kappa shape index (κ1) is 20.4. The Labute approximate surface area is 150 Å². The normalized spacial score (nSPS) is 11.5. The molecule has 0 atom stereocenters. The number of hydrogen-bond donors (Lipinski definition) is 1. The quantitative estimate of drug-likeness (QED) is 0.545. The van der Waals surface area contributed by atoms with Gasteiger partial charge in [-0.1, -0.05) is 6.92 Å². The van der Waals surface area contributed by atoms with Crippen LogP contribution in [-0.2, 0) is 17.6 Å². The number of aliphatic imine (C=N–C) groups is 1. The summed E-state index contributed by atoms with van der Waals surface area (Å²) in [4.78, 5) is 26.3. The Morgan fingerprint density at radius 1 is 1.29 bits per heavy atom. The molecule has 0 aliphatic carbocycles. The predicted molar refractivity (Wildman–Crippen MR) is 102 cm³/mol. The molecule has 0 unspecified atom stereocenters. The molecule has 1 aromatic rings. The van der Waals surface area contributed by atoms with E-state index in [0.29, 0.717) is 13.1 Å². The monoisotopic (exact) mass is 353 g/mol. The van der Waals surface area contributed by atoms with Gasteiger partial charge in [0.1, 0.15) is 0 Å². The number of thiazole rings is 1. The van der Waals surface area contributed by atoms with Crippen molar-refractivity contribution in [1.82, 2.24) is 20.1 Å². The molecule has 24 heavy (non-hydrogen) atoms. The van der Waals surface area contributed by atoms with E-state index in [0.717, 1.165) is 43.4 Å². The number of nitrogens with one attached hydrogen (secondary N) is 1. The Morgan fingerprint density at radius 2 is 2.00 bits per heavy atom. The fraction of sp³-hybridized carbons (Fsp3) is 0.706. The number of aryl methyl sites for hydroxylation is 1. The molecule has 0 saturated carbocycles. The maximum absolute atomic E-state index is 12.2. The SMILES string of the molecule is CCNC(=NCCc1ncc(CC)s1)N(C)CC(=O)N(CC)CC. The number of aromatic nitrogens is 1. The van der Waals surface area contributed by atoms with Gasteiger partial charge in [-0.2, -0.15) is 0 Å². The summed E-state index contributed by atoms with van der Waals surface area (Å²) in [6.45, 7) is 11.4. The van der Waals surface area contributed by atoms with Crippen LogP contribution >= 0.6 is 11.3 Å². The van der Waals surface area contributed by atoms with Crippen molar-refractivity contribution in [3.63, 3.8) is 0 Å². The van der Waals surface area contributed by atoms with Crippen molar-refractivity contribution in [3.05, 3.63) is 16.1 Å². The van der Waals surface area contributed by atoms with Gasteiger partial charge in [0.2, 0.25) is 5.91 Å². The fourth-order valence-corrected chi connectivity index (χ4v) is 3.16. The molecule has 136 valence electrons. The van der Waals surface area contributed by atoms with E-state index in [-0.39, 0.29) is 5.91 Å². The highest BCUT2D eigenvalue weighted by Crippen LogP contribution is 2.13. The van der Waals surface area contributed by atoms with E-state index in [1.807, 2.05) is 43.8 Å². The molecule has 0 bridgehead atoms. The van der Waals surface area contributed by atoms with E-state index in [1.54, 1.807) is 11.3 Å². The zero-order valence-corrected chi connectivity index (χ0v) is 16.4. The second-order valence-electron chi connectivity index (χ2n) is 5.48. The van der Waals surface area contributed by atoms with E-state index < -0.39 is 0 Å². The smallest absolute Gasteiger partial charge is 0.242 e. The van der Waals surface area contributed by atoms with Crippen LogP contribution < -0.4 is 5.32 Å². The van der Waals surface area contributed by atoms with Crippen molar-refractivity contribution in [2.45, 2.75) is 40.5 Å². The van der Waals surface area contributed by atoms with Gasteiger partial charge < -0.3 is 15.1 Å². The summed E-state index contributed by atoms with van der Waals surface area (Å²) in [5, 5.41) is 4.37. The van der Waals surface area contributed by atoms with E-state index in [1.165, 1.54) is 4.88 Å². The molecule has 1 amide bonds. The molecule has 1 N–H and O–H groups in total. The number of nitrogens with zero attached hydrogens (tertiary/aromatic N) is 4. The van der Waals surface area contributed by atoms with Crippen LogP contribution in [0.15, 0.2) is 11.2 Å². The molecule has 0 aliphatic heterocycles. The second kappa shape index (κ2) is 11.0. The van der Waals surface area contributed by atoms with Crippen molar-refractivity contribution < 1.29 is 4.79 Å². The summed E-state index contributed by atoms with van der Waals surface area (Å²) in [6, 6.07) is 0. The number of hydrogen-bond acceptors (Lipinski definition) is 4. The summed E-state index contributed by atoms with van der Waals surface area (Å²) >= 11 is 1.75. The summed E-state index contributed by atoms with van der Waals surface area (Å²) in [7, 11) is 1.90. The summed E-state index contributed by atoms with van der Waals surface area (Å²) in [6.07, 6.45) is 3.81. The minimum Gasteiger partial charge on any atom is -0.357 e. The van der Waals surface area contributed by atoms with Gasteiger partial charge in [-0.05, 0) is 27.2 Å². The maximum Gasteiger partial charge on any atom is 0.242 e. The second-order valence-corrected chi connectivity index (χ2v) is 6.68. The largest absolute Gasteiger partial charge is 0.357 e. The van der Waals surface area contributed by atoms with Gasteiger partial charge in [0.15, 0.2) is 5.96 Å². The van der Waals surface area contributed by atoms with Crippen molar-refractivity contribution >= 4 is 23.2 Å². The lowest BCUT2D eigenvalue weighted by Crippen LogP contribution is -2.45. The molecular weight excluding hydrogens is 322 g/mol. The predicted octanol–water partition coefficient (Wildman–Crippen LogP) is 2.01. The molecule has 0 aromatic carbocycles. The van der Waals surface area contributed by atoms with Gasteiger partial charge in [0.25, 0.3) is 0 Å². The van der Waals surface area contributed by atoms with Crippen molar-refractivity contribution in [2.24, 2.45) is 4.99 Å². The summed E-state index contributed by atoms with van der Waals surface area (Å²) in [5.41, 5.74) is 0. The average molecular weight is 354 g/mol. The number of carbonyl (C=O) groups excluding carboxylic acids is 1. The first-order chi connectivity index (χ1) is 11.5. The maximum atomic E-state index is 12.2. The van der Waals surface area contributed by atoms with E-state index in [9.17, 15) is 4.79 Å². The molecule has 0 saturated heterocycles. The van der Waals surface area contributed by atoms with E-state index >= 15 is 0 Å². The molecule has 1 aromatic heterocycles. The summed E-state index contributed by atoms with van der Waals surface area (Å²) < 4.78 is 0. The Balaban J connectivity index is 2.61. The topological polar surface area (TPSA) is 60.8 Å². The number of guanidine groups is 1. The molecule has 6 nitrogen and oxygen atoms in total. The Bertz CT molecular complexity index is 525. The highest BCUT2D eigenvalue weighted by molar-refractivity contribution is 7.11. The molecule has 7 heteroatoms. The highest BCUT2D eigenvalue weighted by Gasteiger charge is 2.14. The van der Waals surface area contributed by atoms with Crippen LogP contribution in [-0.4, -0.2) is 66.4 Å². The molecule has 1 heterocycles. The fourth-order valence-electron chi connectivity index (χ4n) is 2.31. The van der Waals surface area contributed by atoms with E-state index in [4.69, 9.17) is 0 Å². The van der Waals surface area contributed by atoms with Crippen LogP contribution in [0.1, 0.15) is 37.6 Å². The lowest BCUT2D eigenvalue weighted by molar-refractivity contribution is -0.131. The van der Waals surface area contributed by atoms with Crippen LogP contribution in [0, 0.1) is 0 Å². The molecular formula is C17H31N5OS. The molecule has 1 rings (SSSR count). The first-order valence-corrected chi connectivity index (χ1v) is 9.57. The summed E-state index contributed by atoms with van der Waals surface area (Å²) in [5.74, 6) is 0.894. The number of rotatable bonds is 9. The lowest BCUT2D eigenvalue weighted by atomic mass is 10.4. The van der Waals surface area contributed by atoms with Crippen molar-refractivity contribution in [3.8, 4) is 0 Å². The van der Waals surface area contributed by atoms with Gasteiger partial charge in [0, 0.05) is 50.7 Å². The van der Waals surface area contributed by atoms with Crippen LogP contribution in [0.3, 0.4) is 0 Å². The molecule has 0 radical (unpaired) electrons. The van der Waals surface area contributed by atoms with Gasteiger partial charge in [-0.3, -0.25) is 9.79 Å². The Hall–Kier alpha value is -1.63. The lowest BCUT2D eigenvalue weighted by Gasteiger charge is -2.25. The number of amides is 1. The standard InChI is InChI=1S/C17H31N5OS/c1-6-14-12-20-15(24-14)10-11-19-17(18-7-2)21(5)13-16(23)22(8-3)9-4/h12H,6-11,13H2,1-5H3,(H,18,19). The van der Waals surface area contributed by atoms with Crippen molar-refractivity contribution in [2.75, 3.05) is 39.8 Å².